The lowest BCUT2D eigenvalue weighted by molar-refractivity contribution is -0.147. The SMILES string of the molecule is CCCCCCCCCCCCNC(=O)C1CC=CCC1C(=O)O. The highest BCUT2D eigenvalue weighted by molar-refractivity contribution is 5.85. The molecule has 24 heavy (non-hydrogen) atoms. The van der Waals surface area contributed by atoms with Gasteiger partial charge in [0.1, 0.15) is 0 Å². The molecule has 2 atom stereocenters. The second-order valence-corrected chi connectivity index (χ2v) is 6.97. The first-order valence-corrected chi connectivity index (χ1v) is 9.82. The van der Waals surface area contributed by atoms with Crippen molar-refractivity contribution in [3.8, 4) is 0 Å². The Bertz CT molecular complexity index is 392. The number of carbonyl (C=O) groups is 2. The molecule has 0 fully saturated rings. The Morgan fingerprint density at radius 2 is 1.38 bits per heavy atom. The van der Waals surface area contributed by atoms with E-state index in [4.69, 9.17) is 0 Å². The number of carboxylic acids is 1. The van der Waals surface area contributed by atoms with Crippen LogP contribution in [-0.2, 0) is 9.59 Å². The molecule has 4 heteroatoms. The van der Waals surface area contributed by atoms with Crippen molar-refractivity contribution in [1.29, 1.82) is 0 Å². The van der Waals surface area contributed by atoms with Gasteiger partial charge in [0.25, 0.3) is 0 Å². The van der Waals surface area contributed by atoms with Gasteiger partial charge >= 0.3 is 5.97 Å². The number of carboxylic acid groups (broad SMARTS) is 1. The topological polar surface area (TPSA) is 66.4 Å². The van der Waals surface area contributed by atoms with Crippen LogP contribution in [0.5, 0.6) is 0 Å². The molecule has 2 N–H and O–H groups in total. The van der Waals surface area contributed by atoms with E-state index in [-0.39, 0.29) is 5.91 Å². The van der Waals surface area contributed by atoms with Gasteiger partial charge in [-0.15, -0.1) is 0 Å². The van der Waals surface area contributed by atoms with Gasteiger partial charge in [0.15, 0.2) is 0 Å². The zero-order valence-corrected chi connectivity index (χ0v) is 15.3. The summed E-state index contributed by atoms with van der Waals surface area (Å²) < 4.78 is 0. The predicted molar refractivity (Wildman–Crippen MR) is 97.8 cm³/mol. The quantitative estimate of drug-likeness (QED) is 0.378. The standard InChI is InChI=1S/C20H35NO3/c1-2-3-4-5-6-7-8-9-10-13-16-21-19(22)17-14-11-12-15-18(17)20(23)24/h11-12,17-18H,2-10,13-16H2,1H3,(H,21,22)(H,23,24). The van der Waals surface area contributed by atoms with Gasteiger partial charge in [-0.2, -0.15) is 0 Å². The minimum absolute atomic E-state index is 0.0947. The van der Waals surface area contributed by atoms with Crippen LogP contribution in [0.1, 0.15) is 84.0 Å². The van der Waals surface area contributed by atoms with Gasteiger partial charge < -0.3 is 10.4 Å². The number of rotatable bonds is 13. The van der Waals surface area contributed by atoms with Crippen molar-refractivity contribution >= 4 is 11.9 Å². The molecule has 2 unspecified atom stereocenters. The highest BCUT2D eigenvalue weighted by Gasteiger charge is 2.33. The van der Waals surface area contributed by atoms with E-state index in [1.165, 1.54) is 51.4 Å². The smallest absolute Gasteiger partial charge is 0.307 e. The fourth-order valence-corrected chi connectivity index (χ4v) is 3.33. The second-order valence-electron chi connectivity index (χ2n) is 6.97. The number of aliphatic carboxylic acids is 1. The first-order valence-electron chi connectivity index (χ1n) is 9.82. The minimum Gasteiger partial charge on any atom is -0.481 e. The fourth-order valence-electron chi connectivity index (χ4n) is 3.33. The summed E-state index contributed by atoms with van der Waals surface area (Å²) in [5.74, 6) is -1.93. The van der Waals surface area contributed by atoms with Gasteiger partial charge in [0.2, 0.25) is 5.91 Å². The third-order valence-corrected chi connectivity index (χ3v) is 4.92. The van der Waals surface area contributed by atoms with Crippen LogP contribution < -0.4 is 5.32 Å². The number of unbranched alkanes of at least 4 members (excludes halogenated alkanes) is 9. The van der Waals surface area contributed by atoms with Crippen LogP contribution in [0.25, 0.3) is 0 Å². The lowest BCUT2D eigenvalue weighted by Crippen LogP contribution is -2.39. The maximum absolute atomic E-state index is 12.2. The number of hydrogen-bond donors (Lipinski definition) is 2. The minimum atomic E-state index is -0.863. The van der Waals surface area contributed by atoms with E-state index < -0.39 is 17.8 Å². The summed E-state index contributed by atoms with van der Waals surface area (Å²) in [6, 6.07) is 0. The molecule has 0 saturated carbocycles. The number of carbonyl (C=O) groups excluding carboxylic acids is 1. The molecule has 0 bridgehead atoms. The molecular formula is C20H35NO3. The molecule has 1 aliphatic rings. The van der Waals surface area contributed by atoms with E-state index in [9.17, 15) is 14.7 Å². The van der Waals surface area contributed by atoms with Crippen molar-refractivity contribution in [3.05, 3.63) is 12.2 Å². The Morgan fingerprint density at radius 1 is 0.875 bits per heavy atom. The summed E-state index contributed by atoms with van der Waals surface area (Å²) in [7, 11) is 0. The third kappa shape index (κ3) is 8.51. The molecule has 0 heterocycles. The van der Waals surface area contributed by atoms with Crippen LogP contribution in [0, 0.1) is 11.8 Å². The molecule has 0 aromatic carbocycles. The average molecular weight is 338 g/mol. The van der Waals surface area contributed by atoms with E-state index in [1.54, 1.807) is 0 Å². The summed E-state index contributed by atoms with van der Waals surface area (Å²) in [5.41, 5.74) is 0. The molecule has 0 saturated heterocycles. The largest absolute Gasteiger partial charge is 0.481 e. The molecule has 0 aromatic heterocycles. The van der Waals surface area contributed by atoms with Gasteiger partial charge in [-0.05, 0) is 19.3 Å². The molecule has 0 aliphatic heterocycles. The van der Waals surface area contributed by atoms with Crippen LogP contribution in [0.2, 0.25) is 0 Å². The maximum Gasteiger partial charge on any atom is 0.307 e. The van der Waals surface area contributed by atoms with E-state index >= 15 is 0 Å². The third-order valence-electron chi connectivity index (χ3n) is 4.92. The molecule has 0 spiro atoms. The highest BCUT2D eigenvalue weighted by Crippen LogP contribution is 2.26. The first kappa shape index (κ1) is 20.7. The summed E-state index contributed by atoms with van der Waals surface area (Å²) in [6.45, 7) is 2.91. The van der Waals surface area contributed by atoms with Crippen LogP contribution in [0.4, 0.5) is 0 Å². The predicted octanol–water partition coefficient (Wildman–Crippen LogP) is 4.69. The van der Waals surface area contributed by atoms with Crippen molar-refractivity contribution in [2.45, 2.75) is 84.0 Å². The number of nitrogens with one attached hydrogen (secondary N) is 1. The van der Waals surface area contributed by atoms with Crippen LogP contribution in [-0.4, -0.2) is 23.5 Å². The zero-order chi connectivity index (χ0) is 17.6. The molecule has 1 rings (SSSR count). The molecule has 0 radical (unpaired) electrons. The van der Waals surface area contributed by atoms with E-state index in [0.29, 0.717) is 19.4 Å². The van der Waals surface area contributed by atoms with Crippen molar-refractivity contribution in [2.24, 2.45) is 11.8 Å². The van der Waals surface area contributed by atoms with Gasteiger partial charge in [-0.1, -0.05) is 76.9 Å². The number of hydrogen-bond acceptors (Lipinski definition) is 2. The monoisotopic (exact) mass is 337 g/mol. The lowest BCUT2D eigenvalue weighted by Gasteiger charge is -2.24. The summed E-state index contributed by atoms with van der Waals surface area (Å²) in [4.78, 5) is 23.4. The van der Waals surface area contributed by atoms with Crippen LogP contribution >= 0.6 is 0 Å². The van der Waals surface area contributed by atoms with Gasteiger partial charge in [0.05, 0.1) is 11.8 Å². The van der Waals surface area contributed by atoms with Crippen molar-refractivity contribution in [1.82, 2.24) is 5.32 Å². The summed E-state index contributed by atoms with van der Waals surface area (Å²) >= 11 is 0. The summed E-state index contributed by atoms with van der Waals surface area (Å²) in [5, 5.41) is 12.1. The van der Waals surface area contributed by atoms with Crippen molar-refractivity contribution in [3.63, 3.8) is 0 Å². The number of amides is 1. The Balaban J connectivity index is 2.01. The second kappa shape index (κ2) is 13.0. The van der Waals surface area contributed by atoms with Crippen molar-refractivity contribution in [2.75, 3.05) is 6.54 Å². The van der Waals surface area contributed by atoms with Crippen molar-refractivity contribution < 1.29 is 14.7 Å². The average Bonchev–Trinajstić information content (AvgIpc) is 2.59. The Kier molecular flexibility index (Phi) is 11.2. The fraction of sp³-hybridized carbons (Fsp3) is 0.800. The molecule has 0 aromatic rings. The molecule has 1 amide bonds. The van der Waals surface area contributed by atoms with E-state index in [1.807, 2.05) is 12.2 Å². The molecule has 4 nitrogen and oxygen atoms in total. The Hall–Kier alpha value is -1.32. The van der Waals surface area contributed by atoms with Crippen LogP contribution in [0.15, 0.2) is 12.2 Å². The first-order chi connectivity index (χ1) is 11.7. The normalized spacial score (nSPS) is 20.0. The Morgan fingerprint density at radius 3 is 1.92 bits per heavy atom. The van der Waals surface area contributed by atoms with Crippen LogP contribution in [0.3, 0.4) is 0 Å². The number of allylic oxidation sites excluding steroid dienone is 2. The maximum atomic E-state index is 12.2. The van der Waals surface area contributed by atoms with Gasteiger partial charge in [0, 0.05) is 6.54 Å². The van der Waals surface area contributed by atoms with Gasteiger partial charge in [-0.25, -0.2) is 0 Å². The van der Waals surface area contributed by atoms with E-state index in [2.05, 4.69) is 12.2 Å². The summed E-state index contributed by atoms with van der Waals surface area (Å²) in [6.07, 6.45) is 17.5. The van der Waals surface area contributed by atoms with E-state index in [0.717, 1.165) is 12.8 Å². The molecule has 1 aliphatic carbocycles. The molecule has 138 valence electrons. The Labute approximate surface area is 147 Å². The highest BCUT2D eigenvalue weighted by atomic mass is 16.4. The van der Waals surface area contributed by atoms with Gasteiger partial charge in [-0.3, -0.25) is 9.59 Å². The zero-order valence-electron chi connectivity index (χ0n) is 15.3. The molecular weight excluding hydrogens is 302 g/mol. The lowest BCUT2D eigenvalue weighted by atomic mass is 9.82.